The van der Waals surface area contributed by atoms with E-state index in [1.54, 1.807) is 0 Å². The Hall–Kier alpha value is -8.28. The van der Waals surface area contributed by atoms with Crippen LogP contribution in [-0.4, -0.2) is 19.9 Å². The second-order valence-corrected chi connectivity index (χ2v) is 15.1. The van der Waals surface area contributed by atoms with Crippen molar-refractivity contribution in [1.82, 2.24) is 19.9 Å². The zero-order chi connectivity index (χ0) is 40.5. The first kappa shape index (κ1) is 35.8. The normalized spacial score (nSPS) is 11.3. The standard InChI is InChI=1S/C56H36N4O/c1-4-16-37(17-5-1)49-36-50(38-18-6-2-7-19-38)58-55(57-49)46-28-14-26-44(34-46)42-24-12-22-40(32-42)41-23-13-25-43(33-41)45-27-15-29-47(35-45)56-59-52(39-20-8-3-9-21-39)54-53(60-56)48-30-10-11-31-51(48)61-54/h1-36H. The van der Waals surface area contributed by atoms with E-state index in [0.717, 1.165) is 94.8 Å². The molecule has 3 aromatic heterocycles. The van der Waals surface area contributed by atoms with Crippen molar-refractivity contribution in [2.24, 2.45) is 0 Å². The van der Waals surface area contributed by atoms with E-state index < -0.39 is 0 Å². The summed E-state index contributed by atoms with van der Waals surface area (Å²) in [5, 5.41) is 0.971. The zero-order valence-electron chi connectivity index (χ0n) is 33.0. The van der Waals surface area contributed by atoms with Crippen LogP contribution in [0.2, 0.25) is 0 Å². The molecule has 0 amide bonds. The van der Waals surface area contributed by atoms with E-state index in [-0.39, 0.29) is 0 Å². The van der Waals surface area contributed by atoms with Gasteiger partial charge in [-0.3, -0.25) is 0 Å². The summed E-state index contributed by atoms with van der Waals surface area (Å²) >= 11 is 0. The number of benzene rings is 8. The summed E-state index contributed by atoms with van der Waals surface area (Å²) in [6.07, 6.45) is 0. The van der Waals surface area contributed by atoms with Gasteiger partial charge in [0.2, 0.25) is 0 Å². The lowest BCUT2D eigenvalue weighted by molar-refractivity contribution is 0.667. The quantitative estimate of drug-likeness (QED) is 0.154. The predicted octanol–water partition coefficient (Wildman–Crippen LogP) is 14.5. The summed E-state index contributed by atoms with van der Waals surface area (Å²) in [6.45, 7) is 0. The lowest BCUT2D eigenvalue weighted by Gasteiger charge is -2.12. The van der Waals surface area contributed by atoms with Crippen molar-refractivity contribution in [3.05, 3.63) is 218 Å². The first-order chi connectivity index (χ1) is 30.2. The molecule has 0 radical (unpaired) electrons. The molecule has 0 aliphatic rings. The minimum Gasteiger partial charge on any atom is -0.452 e. The molecule has 5 heteroatoms. The Morgan fingerprint density at radius 2 is 0.656 bits per heavy atom. The number of furan rings is 1. The minimum absolute atomic E-state index is 0.652. The molecule has 0 saturated carbocycles. The van der Waals surface area contributed by atoms with Crippen LogP contribution in [0.4, 0.5) is 0 Å². The van der Waals surface area contributed by atoms with Crippen molar-refractivity contribution < 1.29 is 4.42 Å². The summed E-state index contributed by atoms with van der Waals surface area (Å²) < 4.78 is 6.35. The van der Waals surface area contributed by atoms with Gasteiger partial charge in [-0.2, -0.15) is 0 Å². The fourth-order valence-corrected chi connectivity index (χ4v) is 8.03. The second kappa shape index (κ2) is 15.5. The average molecular weight is 781 g/mol. The molecule has 0 unspecified atom stereocenters. The van der Waals surface area contributed by atoms with E-state index in [9.17, 15) is 0 Å². The summed E-state index contributed by atoms with van der Waals surface area (Å²) in [7, 11) is 0. The van der Waals surface area contributed by atoms with E-state index in [0.29, 0.717) is 17.2 Å². The van der Waals surface area contributed by atoms with Gasteiger partial charge in [0.05, 0.1) is 11.4 Å². The van der Waals surface area contributed by atoms with Crippen LogP contribution in [0.25, 0.3) is 112 Å². The van der Waals surface area contributed by atoms with Crippen LogP contribution >= 0.6 is 0 Å². The molecule has 11 aromatic rings. The van der Waals surface area contributed by atoms with Gasteiger partial charge in [-0.1, -0.05) is 176 Å². The van der Waals surface area contributed by atoms with E-state index in [2.05, 4.69) is 146 Å². The van der Waals surface area contributed by atoms with Gasteiger partial charge in [0.1, 0.15) is 16.8 Å². The van der Waals surface area contributed by atoms with Gasteiger partial charge in [0, 0.05) is 33.2 Å². The Labute approximate surface area is 353 Å². The lowest BCUT2D eigenvalue weighted by atomic mass is 9.95. The number of rotatable bonds is 8. The number of aromatic nitrogens is 4. The summed E-state index contributed by atoms with van der Waals surface area (Å²) in [4.78, 5) is 20.4. The van der Waals surface area contributed by atoms with Gasteiger partial charge in [-0.25, -0.2) is 19.9 Å². The highest BCUT2D eigenvalue weighted by Gasteiger charge is 2.19. The second-order valence-electron chi connectivity index (χ2n) is 15.1. The third-order valence-electron chi connectivity index (χ3n) is 11.1. The molecule has 0 aliphatic heterocycles. The van der Waals surface area contributed by atoms with Crippen molar-refractivity contribution in [3.8, 4) is 89.9 Å². The van der Waals surface area contributed by atoms with Crippen molar-refractivity contribution in [3.63, 3.8) is 0 Å². The van der Waals surface area contributed by atoms with Crippen molar-refractivity contribution >= 4 is 22.1 Å². The van der Waals surface area contributed by atoms with Crippen LogP contribution in [0.1, 0.15) is 0 Å². The summed E-state index contributed by atoms with van der Waals surface area (Å²) in [6, 6.07) is 75.3. The molecular weight excluding hydrogens is 745 g/mol. The maximum atomic E-state index is 6.35. The maximum absolute atomic E-state index is 6.35. The molecule has 0 N–H and O–H groups in total. The molecule has 5 nitrogen and oxygen atoms in total. The Balaban J connectivity index is 0.933. The lowest BCUT2D eigenvalue weighted by Crippen LogP contribution is -1.96. The third-order valence-corrected chi connectivity index (χ3v) is 11.1. The Morgan fingerprint density at radius 3 is 1.15 bits per heavy atom. The molecule has 61 heavy (non-hydrogen) atoms. The fourth-order valence-electron chi connectivity index (χ4n) is 8.03. The Morgan fingerprint density at radius 1 is 0.279 bits per heavy atom. The molecule has 0 spiro atoms. The molecule has 11 rings (SSSR count). The smallest absolute Gasteiger partial charge is 0.180 e. The van der Waals surface area contributed by atoms with Gasteiger partial charge >= 0.3 is 0 Å². The van der Waals surface area contributed by atoms with Crippen LogP contribution in [0.3, 0.4) is 0 Å². The highest BCUT2D eigenvalue weighted by molar-refractivity contribution is 6.07. The van der Waals surface area contributed by atoms with E-state index >= 15 is 0 Å². The molecule has 0 saturated heterocycles. The topological polar surface area (TPSA) is 64.7 Å². The molecule has 0 fully saturated rings. The zero-order valence-corrected chi connectivity index (χ0v) is 33.0. The largest absolute Gasteiger partial charge is 0.452 e. The monoisotopic (exact) mass is 780 g/mol. The van der Waals surface area contributed by atoms with Crippen LogP contribution in [0.5, 0.6) is 0 Å². The molecule has 8 aromatic carbocycles. The van der Waals surface area contributed by atoms with Gasteiger partial charge < -0.3 is 4.42 Å². The van der Waals surface area contributed by atoms with E-state index in [1.807, 2.05) is 72.8 Å². The van der Waals surface area contributed by atoms with Gasteiger partial charge in [0.15, 0.2) is 17.2 Å². The molecular formula is C56H36N4O. The summed E-state index contributed by atoms with van der Waals surface area (Å²) in [5.41, 5.74) is 16.5. The SMILES string of the molecule is c1ccc(-c2cc(-c3ccccc3)nc(-c3cccc(-c4cccc(-c5cccc(-c6cccc(-c7nc(-c8ccccc8)c8oc9ccccc9c8n7)c6)c5)c4)c3)n2)cc1. The number of para-hydroxylation sites is 1. The first-order valence-corrected chi connectivity index (χ1v) is 20.4. The Kier molecular flexibility index (Phi) is 9.10. The molecule has 0 aliphatic carbocycles. The van der Waals surface area contributed by atoms with Crippen molar-refractivity contribution in [2.45, 2.75) is 0 Å². The van der Waals surface area contributed by atoms with Crippen LogP contribution in [0.15, 0.2) is 223 Å². The highest BCUT2D eigenvalue weighted by Crippen LogP contribution is 2.37. The van der Waals surface area contributed by atoms with Crippen LogP contribution in [-0.2, 0) is 0 Å². The third kappa shape index (κ3) is 7.04. The number of hydrogen-bond donors (Lipinski definition) is 0. The average Bonchev–Trinajstić information content (AvgIpc) is 3.73. The predicted molar refractivity (Wildman–Crippen MR) is 248 cm³/mol. The molecule has 286 valence electrons. The van der Waals surface area contributed by atoms with Gasteiger partial charge in [-0.05, 0) is 75.8 Å². The fraction of sp³-hybridized carbons (Fsp3) is 0. The minimum atomic E-state index is 0.652. The van der Waals surface area contributed by atoms with Gasteiger partial charge in [-0.15, -0.1) is 0 Å². The van der Waals surface area contributed by atoms with Crippen molar-refractivity contribution in [2.75, 3.05) is 0 Å². The first-order valence-electron chi connectivity index (χ1n) is 20.4. The summed E-state index contributed by atoms with van der Waals surface area (Å²) in [5.74, 6) is 1.34. The Bertz CT molecular complexity index is 3300. The maximum Gasteiger partial charge on any atom is 0.180 e. The van der Waals surface area contributed by atoms with Crippen LogP contribution < -0.4 is 0 Å². The van der Waals surface area contributed by atoms with E-state index in [1.165, 1.54) is 0 Å². The van der Waals surface area contributed by atoms with Crippen molar-refractivity contribution in [1.29, 1.82) is 0 Å². The highest BCUT2D eigenvalue weighted by atomic mass is 16.3. The molecule has 0 bridgehead atoms. The number of fused-ring (bicyclic) bond motifs is 3. The number of hydrogen-bond acceptors (Lipinski definition) is 5. The molecule has 3 heterocycles. The number of nitrogens with zero attached hydrogens (tertiary/aromatic N) is 4. The van der Waals surface area contributed by atoms with Crippen LogP contribution in [0, 0.1) is 0 Å². The molecule has 0 atom stereocenters. The van der Waals surface area contributed by atoms with E-state index in [4.69, 9.17) is 24.4 Å². The van der Waals surface area contributed by atoms with Gasteiger partial charge in [0.25, 0.3) is 0 Å².